The van der Waals surface area contributed by atoms with Crippen LogP contribution in [0.25, 0.3) is 0 Å². The van der Waals surface area contributed by atoms with Crippen LogP contribution in [0.1, 0.15) is 44.3 Å². The van der Waals surface area contributed by atoms with E-state index in [9.17, 15) is 14.7 Å². The smallest absolute Gasteiger partial charge is 0.338 e. The minimum Gasteiger partial charge on any atom is -0.478 e. The van der Waals surface area contributed by atoms with Gasteiger partial charge in [0.25, 0.3) is 5.91 Å². The quantitative estimate of drug-likeness (QED) is 0.880. The molecular formula is C14H15NO3S2. The topological polar surface area (TPSA) is 66.4 Å². The predicted molar refractivity (Wildman–Crippen MR) is 82.3 cm³/mol. The molecular weight excluding hydrogens is 294 g/mol. The van der Waals surface area contributed by atoms with E-state index in [0.29, 0.717) is 9.88 Å². The van der Waals surface area contributed by atoms with E-state index >= 15 is 0 Å². The van der Waals surface area contributed by atoms with Gasteiger partial charge in [-0.2, -0.15) is 0 Å². The third-order valence-corrected chi connectivity index (χ3v) is 5.07. The first-order valence-corrected chi connectivity index (χ1v) is 8.00. The van der Waals surface area contributed by atoms with Gasteiger partial charge in [0.05, 0.1) is 10.4 Å². The van der Waals surface area contributed by atoms with Crippen molar-refractivity contribution in [1.29, 1.82) is 0 Å². The van der Waals surface area contributed by atoms with Crippen molar-refractivity contribution in [2.75, 3.05) is 5.32 Å². The number of thiophene rings is 2. The normalized spacial score (nSPS) is 10.5. The van der Waals surface area contributed by atoms with Crippen LogP contribution in [0.2, 0.25) is 0 Å². The number of anilines is 1. The van der Waals surface area contributed by atoms with Crippen molar-refractivity contribution in [3.8, 4) is 0 Å². The van der Waals surface area contributed by atoms with Crippen LogP contribution in [0.3, 0.4) is 0 Å². The molecule has 0 radical (unpaired) electrons. The number of carboxylic acids is 1. The molecule has 0 fully saturated rings. The summed E-state index contributed by atoms with van der Waals surface area (Å²) < 4.78 is 0. The summed E-state index contributed by atoms with van der Waals surface area (Å²) in [5, 5.41) is 14.2. The molecule has 2 heterocycles. The van der Waals surface area contributed by atoms with Crippen molar-refractivity contribution in [2.45, 2.75) is 26.7 Å². The molecule has 2 rings (SSSR count). The molecule has 6 heteroatoms. The van der Waals surface area contributed by atoms with E-state index in [4.69, 9.17) is 0 Å². The highest BCUT2D eigenvalue weighted by molar-refractivity contribution is 7.17. The molecule has 0 aromatic carbocycles. The molecule has 1 amide bonds. The first-order chi connectivity index (χ1) is 9.56. The van der Waals surface area contributed by atoms with Crippen molar-refractivity contribution in [2.24, 2.45) is 0 Å². The molecule has 20 heavy (non-hydrogen) atoms. The van der Waals surface area contributed by atoms with Gasteiger partial charge in [0.1, 0.15) is 5.00 Å². The van der Waals surface area contributed by atoms with Gasteiger partial charge in [-0.05, 0) is 35.9 Å². The lowest BCUT2D eigenvalue weighted by molar-refractivity contribution is 0.0698. The predicted octanol–water partition coefficient (Wildman–Crippen LogP) is 3.88. The maximum absolute atomic E-state index is 12.2. The lowest BCUT2D eigenvalue weighted by Gasteiger charge is -2.04. The third-order valence-electron chi connectivity index (χ3n) is 2.92. The SMILES string of the molecule is CCc1cc(C(=O)O)c(NC(=O)c2sccc2CC)s1. The van der Waals surface area contributed by atoms with Gasteiger partial charge in [-0.25, -0.2) is 4.79 Å². The average Bonchev–Trinajstić information content (AvgIpc) is 3.04. The molecule has 2 aromatic heterocycles. The summed E-state index contributed by atoms with van der Waals surface area (Å²) in [6.07, 6.45) is 1.53. The highest BCUT2D eigenvalue weighted by atomic mass is 32.1. The molecule has 2 N–H and O–H groups in total. The summed E-state index contributed by atoms with van der Waals surface area (Å²) in [6.45, 7) is 3.94. The van der Waals surface area contributed by atoms with E-state index in [0.717, 1.165) is 23.3 Å². The summed E-state index contributed by atoms with van der Waals surface area (Å²) in [7, 11) is 0. The molecule has 4 nitrogen and oxygen atoms in total. The standard InChI is InChI=1S/C14H15NO3S2/c1-3-8-5-6-19-11(8)12(16)15-13-10(14(17)18)7-9(4-2)20-13/h5-7H,3-4H2,1-2H3,(H,15,16)(H,17,18). The van der Waals surface area contributed by atoms with Crippen LogP contribution in [0.15, 0.2) is 17.5 Å². The lowest BCUT2D eigenvalue weighted by Crippen LogP contribution is -2.13. The van der Waals surface area contributed by atoms with E-state index in [1.807, 2.05) is 25.3 Å². The zero-order valence-electron chi connectivity index (χ0n) is 11.2. The lowest BCUT2D eigenvalue weighted by atomic mass is 10.2. The molecule has 106 valence electrons. The maximum atomic E-state index is 12.2. The van der Waals surface area contributed by atoms with E-state index < -0.39 is 5.97 Å². The number of aromatic carboxylic acids is 1. The molecule has 0 spiro atoms. The number of carbonyl (C=O) groups excluding carboxylic acids is 1. The fraction of sp³-hybridized carbons (Fsp3) is 0.286. The number of hydrogen-bond donors (Lipinski definition) is 2. The number of amides is 1. The Labute approximate surface area is 125 Å². The fourth-order valence-corrected chi connectivity index (χ4v) is 3.71. The summed E-state index contributed by atoms with van der Waals surface area (Å²) in [5.41, 5.74) is 1.14. The third kappa shape index (κ3) is 2.91. The molecule has 0 aliphatic rings. The van der Waals surface area contributed by atoms with E-state index in [2.05, 4.69) is 5.32 Å². The molecule has 0 bridgehead atoms. The second kappa shape index (κ2) is 6.19. The molecule has 0 aliphatic carbocycles. The summed E-state index contributed by atoms with van der Waals surface area (Å²) >= 11 is 2.69. The Morgan fingerprint density at radius 1 is 1.30 bits per heavy atom. The average molecular weight is 309 g/mol. The fourth-order valence-electron chi connectivity index (χ4n) is 1.84. The van der Waals surface area contributed by atoms with Crippen LogP contribution in [-0.4, -0.2) is 17.0 Å². The number of hydrogen-bond acceptors (Lipinski definition) is 4. The largest absolute Gasteiger partial charge is 0.478 e. The van der Waals surface area contributed by atoms with Crippen molar-refractivity contribution in [3.05, 3.63) is 38.4 Å². The van der Waals surface area contributed by atoms with Crippen molar-refractivity contribution >= 4 is 39.6 Å². The molecule has 0 unspecified atom stereocenters. The first kappa shape index (κ1) is 14.7. The molecule has 0 atom stereocenters. The van der Waals surface area contributed by atoms with Gasteiger partial charge >= 0.3 is 5.97 Å². The summed E-state index contributed by atoms with van der Waals surface area (Å²) in [6, 6.07) is 3.54. The van der Waals surface area contributed by atoms with Gasteiger partial charge in [-0.3, -0.25) is 4.79 Å². The van der Waals surface area contributed by atoms with Crippen LogP contribution in [0.4, 0.5) is 5.00 Å². The van der Waals surface area contributed by atoms with Crippen LogP contribution >= 0.6 is 22.7 Å². The summed E-state index contributed by atoms with van der Waals surface area (Å²) in [5.74, 6) is -1.25. The van der Waals surface area contributed by atoms with Gasteiger partial charge in [0.15, 0.2) is 0 Å². The van der Waals surface area contributed by atoms with Crippen LogP contribution < -0.4 is 5.32 Å². The number of carbonyl (C=O) groups is 2. The minimum atomic E-state index is -1.02. The highest BCUT2D eigenvalue weighted by Crippen LogP contribution is 2.30. The zero-order chi connectivity index (χ0) is 14.7. The van der Waals surface area contributed by atoms with Crippen LogP contribution in [0.5, 0.6) is 0 Å². The number of carboxylic acid groups (broad SMARTS) is 1. The monoisotopic (exact) mass is 309 g/mol. The van der Waals surface area contributed by atoms with Gasteiger partial charge in [0, 0.05) is 4.88 Å². The molecule has 0 aliphatic heterocycles. The molecule has 2 aromatic rings. The molecule has 0 saturated heterocycles. The van der Waals surface area contributed by atoms with Gasteiger partial charge < -0.3 is 10.4 Å². The second-order valence-corrected chi connectivity index (χ2v) is 6.25. The maximum Gasteiger partial charge on any atom is 0.338 e. The number of aryl methyl sites for hydroxylation is 2. The first-order valence-electron chi connectivity index (χ1n) is 6.30. The number of rotatable bonds is 5. The Morgan fingerprint density at radius 2 is 2.05 bits per heavy atom. The van der Waals surface area contributed by atoms with Crippen molar-refractivity contribution in [3.63, 3.8) is 0 Å². The number of nitrogens with one attached hydrogen (secondary N) is 1. The van der Waals surface area contributed by atoms with E-state index in [1.165, 1.54) is 22.7 Å². The Bertz CT molecular complexity index is 643. The minimum absolute atomic E-state index is 0.162. The van der Waals surface area contributed by atoms with Crippen molar-refractivity contribution < 1.29 is 14.7 Å². The Kier molecular flexibility index (Phi) is 4.57. The highest BCUT2D eigenvalue weighted by Gasteiger charge is 2.19. The Morgan fingerprint density at radius 3 is 2.65 bits per heavy atom. The van der Waals surface area contributed by atoms with Crippen LogP contribution in [-0.2, 0) is 12.8 Å². The van der Waals surface area contributed by atoms with Gasteiger partial charge in [0.2, 0.25) is 0 Å². The van der Waals surface area contributed by atoms with E-state index in [-0.39, 0.29) is 11.5 Å². The Hall–Kier alpha value is -1.66. The van der Waals surface area contributed by atoms with Gasteiger partial charge in [-0.15, -0.1) is 22.7 Å². The van der Waals surface area contributed by atoms with E-state index in [1.54, 1.807) is 6.07 Å². The molecule has 0 saturated carbocycles. The Balaban J connectivity index is 2.27. The van der Waals surface area contributed by atoms with Gasteiger partial charge in [-0.1, -0.05) is 13.8 Å². The zero-order valence-corrected chi connectivity index (χ0v) is 12.9. The summed E-state index contributed by atoms with van der Waals surface area (Å²) in [4.78, 5) is 25.0. The second-order valence-electron chi connectivity index (χ2n) is 4.20. The van der Waals surface area contributed by atoms with Crippen LogP contribution in [0, 0.1) is 0 Å². The van der Waals surface area contributed by atoms with Crippen molar-refractivity contribution in [1.82, 2.24) is 0 Å².